The normalized spacial score (nSPS) is 8.56. The Labute approximate surface area is 56.1 Å². The van der Waals surface area contributed by atoms with Crippen LogP contribution in [0, 0.1) is 6.92 Å². The van der Waals surface area contributed by atoms with Gasteiger partial charge in [-0.05, 0) is 6.92 Å². The molecule has 0 saturated heterocycles. The number of rotatable bonds is 1. The molecular formula is C5H4N2OS. The topological polar surface area (TPSA) is 42.3 Å². The van der Waals surface area contributed by atoms with Gasteiger partial charge in [0, 0.05) is 11.1 Å². The van der Waals surface area contributed by atoms with E-state index in [0.717, 1.165) is 4.88 Å². The van der Waals surface area contributed by atoms with Crippen molar-refractivity contribution in [1.29, 1.82) is 0 Å². The molecule has 0 aliphatic carbocycles. The van der Waals surface area contributed by atoms with E-state index in [0.29, 0.717) is 5.13 Å². The molecule has 0 fully saturated rings. The molecule has 0 aliphatic rings. The molecule has 0 saturated carbocycles. The fraction of sp³-hybridized carbons (Fsp3) is 0.200. The summed E-state index contributed by atoms with van der Waals surface area (Å²) >= 11 is 1.37. The SMILES string of the molecule is Cc1cnc(N=C=O)s1. The summed E-state index contributed by atoms with van der Waals surface area (Å²) in [5, 5.41) is 0.475. The standard InChI is InChI=1S/C5H4N2OS/c1-4-2-6-5(9-4)7-3-8/h2H,1H3. The van der Waals surface area contributed by atoms with Crippen molar-refractivity contribution in [2.24, 2.45) is 4.99 Å². The Morgan fingerprint density at radius 2 is 2.67 bits per heavy atom. The van der Waals surface area contributed by atoms with Gasteiger partial charge in [-0.2, -0.15) is 0 Å². The summed E-state index contributed by atoms with van der Waals surface area (Å²) < 4.78 is 0. The van der Waals surface area contributed by atoms with Crippen LogP contribution < -0.4 is 0 Å². The summed E-state index contributed by atoms with van der Waals surface area (Å²) in [6, 6.07) is 0. The summed E-state index contributed by atoms with van der Waals surface area (Å²) in [4.78, 5) is 17.8. The summed E-state index contributed by atoms with van der Waals surface area (Å²) in [7, 11) is 0. The van der Waals surface area contributed by atoms with Crippen LogP contribution in [0.4, 0.5) is 5.13 Å². The van der Waals surface area contributed by atoms with Gasteiger partial charge in [0.25, 0.3) is 0 Å². The lowest BCUT2D eigenvalue weighted by Gasteiger charge is -1.70. The molecule has 0 N–H and O–H groups in total. The van der Waals surface area contributed by atoms with Crippen molar-refractivity contribution in [3.8, 4) is 0 Å². The number of aliphatic imine (C=N–C) groups is 1. The van der Waals surface area contributed by atoms with Crippen LogP contribution in [-0.4, -0.2) is 11.1 Å². The minimum Gasteiger partial charge on any atom is -0.226 e. The number of aromatic nitrogens is 1. The van der Waals surface area contributed by atoms with E-state index >= 15 is 0 Å². The van der Waals surface area contributed by atoms with Crippen LogP contribution in [-0.2, 0) is 4.79 Å². The van der Waals surface area contributed by atoms with Crippen molar-refractivity contribution in [3.63, 3.8) is 0 Å². The highest BCUT2D eigenvalue weighted by atomic mass is 32.1. The van der Waals surface area contributed by atoms with Crippen LogP contribution in [0.5, 0.6) is 0 Å². The van der Waals surface area contributed by atoms with Gasteiger partial charge in [-0.3, -0.25) is 0 Å². The molecule has 4 heteroatoms. The number of hydrogen-bond donors (Lipinski definition) is 0. The predicted octanol–water partition coefficient (Wildman–Crippen LogP) is 1.42. The van der Waals surface area contributed by atoms with Crippen molar-refractivity contribution in [1.82, 2.24) is 4.98 Å². The van der Waals surface area contributed by atoms with Gasteiger partial charge in [-0.15, -0.1) is 4.99 Å². The van der Waals surface area contributed by atoms with E-state index in [2.05, 4.69) is 9.98 Å². The van der Waals surface area contributed by atoms with Gasteiger partial charge in [0.2, 0.25) is 11.2 Å². The molecule has 46 valence electrons. The number of nitrogens with zero attached hydrogens (tertiary/aromatic N) is 2. The van der Waals surface area contributed by atoms with Crippen molar-refractivity contribution in [3.05, 3.63) is 11.1 Å². The van der Waals surface area contributed by atoms with Gasteiger partial charge in [-0.25, -0.2) is 9.78 Å². The maximum atomic E-state index is 9.66. The third-order valence-corrected chi connectivity index (χ3v) is 1.56. The maximum absolute atomic E-state index is 9.66. The monoisotopic (exact) mass is 140 g/mol. The number of isocyanates is 1. The zero-order chi connectivity index (χ0) is 6.69. The van der Waals surface area contributed by atoms with Gasteiger partial charge >= 0.3 is 0 Å². The highest BCUT2D eigenvalue weighted by Gasteiger charge is 1.92. The Morgan fingerprint density at radius 3 is 3.11 bits per heavy atom. The lowest BCUT2D eigenvalue weighted by Crippen LogP contribution is -1.54. The van der Waals surface area contributed by atoms with Crippen LogP contribution >= 0.6 is 11.3 Å². The molecule has 0 radical (unpaired) electrons. The fourth-order valence-electron chi connectivity index (χ4n) is 0.434. The van der Waals surface area contributed by atoms with Crippen molar-refractivity contribution >= 4 is 22.5 Å². The van der Waals surface area contributed by atoms with Gasteiger partial charge in [0.1, 0.15) is 0 Å². The van der Waals surface area contributed by atoms with E-state index in [-0.39, 0.29) is 0 Å². The Hall–Kier alpha value is -0.990. The van der Waals surface area contributed by atoms with E-state index < -0.39 is 0 Å². The largest absolute Gasteiger partial charge is 0.242 e. The minimum atomic E-state index is 0.475. The van der Waals surface area contributed by atoms with Crippen molar-refractivity contribution in [2.45, 2.75) is 6.92 Å². The molecule has 0 amide bonds. The minimum absolute atomic E-state index is 0.475. The van der Waals surface area contributed by atoms with Gasteiger partial charge in [0.05, 0.1) is 0 Å². The Balaban J connectivity index is 2.97. The third kappa shape index (κ3) is 1.45. The molecule has 1 aromatic rings. The van der Waals surface area contributed by atoms with E-state index in [4.69, 9.17) is 0 Å². The Morgan fingerprint density at radius 1 is 1.89 bits per heavy atom. The summed E-state index contributed by atoms with van der Waals surface area (Å²) in [6.07, 6.45) is 3.09. The van der Waals surface area contributed by atoms with E-state index in [1.165, 1.54) is 17.4 Å². The molecule has 3 nitrogen and oxygen atoms in total. The van der Waals surface area contributed by atoms with Gasteiger partial charge in [0.15, 0.2) is 0 Å². The average molecular weight is 140 g/mol. The lowest BCUT2D eigenvalue weighted by atomic mass is 10.7. The highest BCUT2D eigenvalue weighted by Crippen LogP contribution is 2.18. The van der Waals surface area contributed by atoms with Crippen LogP contribution in [0.1, 0.15) is 4.88 Å². The van der Waals surface area contributed by atoms with Gasteiger partial charge in [-0.1, -0.05) is 11.3 Å². The first-order valence-corrected chi connectivity index (χ1v) is 3.15. The second-order valence-electron chi connectivity index (χ2n) is 1.46. The molecule has 0 atom stereocenters. The van der Waals surface area contributed by atoms with Crippen LogP contribution in [0.15, 0.2) is 11.2 Å². The molecule has 1 aromatic heterocycles. The Bertz CT molecular complexity index is 249. The molecule has 9 heavy (non-hydrogen) atoms. The number of aryl methyl sites for hydroxylation is 1. The van der Waals surface area contributed by atoms with E-state index in [1.54, 1.807) is 6.20 Å². The first-order chi connectivity index (χ1) is 4.33. The zero-order valence-corrected chi connectivity index (χ0v) is 5.60. The molecule has 0 spiro atoms. The van der Waals surface area contributed by atoms with Gasteiger partial charge < -0.3 is 0 Å². The fourth-order valence-corrected chi connectivity index (χ4v) is 1.02. The molecular weight excluding hydrogens is 136 g/mol. The van der Waals surface area contributed by atoms with Crippen molar-refractivity contribution < 1.29 is 4.79 Å². The smallest absolute Gasteiger partial charge is 0.226 e. The number of hydrogen-bond acceptors (Lipinski definition) is 4. The third-order valence-electron chi connectivity index (χ3n) is 0.750. The summed E-state index contributed by atoms with van der Waals surface area (Å²) in [6.45, 7) is 1.90. The molecule has 1 heterocycles. The quantitative estimate of drug-likeness (QED) is 0.437. The Kier molecular flexibility index (Phi) is 1.72. The second kappa shape index (κ2) is 2.53. The number of carbonyl (C=O) groups excluding carboxylic acids is 1. The zero-order valence-electron chi connectivity index (χ0n) is 4.79. The van der Waals surface area contributed by atoms with Crippen LogP contribution in [0.3, 0.4) is 0 Å². The maximum Gasteiger partial charge on any atom is 0.242 e. The first kappa shape index (κ1) is 6.13. The average Bonchev–Trinajstić information content (AvgIpc) is 2.17. The first-order valence-electron chi connectivity index (χ1n) is 2.33. The molecule has 0 aromatic carbocycles. The molecule has 0 unspecified atom stereocenters. The molecule has 0 aliphatic heterocycles. The lowest BCUT2D eigenvalue weighted by molar-refractivity contribution is 0.565. The van der Waals surface area contributed by atoms with E-state index in [9.17, 15) is 4.79 Å². The summed E-state index contributed by atoms with van der Waals surface area (Å²) in [5.74, 6) is 0. The second-order valence-corrected chi connectivity index (χ2v) is 2.67. The predicted molar refractivity (Wildman–Crippen MR) is 34.6 cm³/mol. The molecule has 0 bridgehead atoms. The van der Waals surface area contributed by atoms with Crippen LogP contribution in [0.2, 0.25) is 0 Å². The summed E-state index contributed by atoms with van der Waals surface area (Å²) in [5.41, 5.74) is 0. The van der Waals surface area contributed by atoms with E-state index in [1.807, 2.05) is 6.92 Å². The highest BCUT2D eigenvalue weighted by molar-refractivity contribution is 7.15. The molecule has 1 rings (SSSR count). The number of thiazole rings is 1. The van der Waals surface area contributed by atoms with Crippen molar-refractivity contribution in [2.75, 3.05) is 0 Å². The van der Waals surface area contributed by atoms with Crippen LogP contribution in [0.25, 0.3) is 0 Å².